The zero-order valence-electron chi connectivity index (χ0n) is 13.4. The summed E-state index contributed by atoms with van der Waals surface area (Å²) >= 11 is 1.57. The zero-order valence-corrected chi connectivity index (χ0v) is 14.2. The van der Waals surface area contributed by atoms with Crippen LogP contribution in [0.4, 0.5) is 0 Å². The van der Waals surface area contributed by atoms with Crippen LogP contribution in [0.3, 0.4) is 0 Å². The van der Waals surface area contributed by atoms with Gasteiger partial charge in [0, 0.05) is 18.5 Å². The lowest BCUT2D eigenvalue weighted by molar-refractivity contribution is 0.0189. The third-order valence-corrected chi connectivity index (χ3v) is 5.47. The van der Waals surface area contributed by atoms with Crippen molar-refractivity contribution < 1.29 is 9.52 Å². The fraction of sp³-hybridized carbons (Fsp3) is 0.316. The summed E-state index contributed by atoms with van der Waals surface area (Å²) in [4.78, 5) is 4.58. The molecule has 3 aromatic rings. The number of aryl methyl sites for hydroxylation is 1. The quantitative estimate of drug-likeness (QED) is 0.743. The van der Waals surface area contributed by atoms with Crippen molar-refractivity contribution in [1.29, 1.82) is 0 Å². The topological polar surface area (TPSA) is 58.3 Å². The number of hydrogen-bond acceptors (Lipinski definition) is 5. The molecule has 1 atom stereocenters. The first kappa shape index (κ1) is 15.6. The SMILES string of the molecule is OC1(CNCc2csc(-c3ccco3)n2)CCCc2ccccc21. The predicted octanol–water partition coefficient (Wildman–Crippen LogP) is 3.72. The van der Waals surface area contributed by atoms with Crippen molar-refractivity contribution in [3.05, 3.63) is 64.9 Å². The minimum atomic E-state index is -0.783. The van der Waals surface area contributed by atoms with Crippen LogP contribution in [0.2, 0.25) is 0 Å². The molecular formula is C19H20N2O2S. The predicted molar refractivity (Wildman–Crippen MR) is 94.8 cm³/mol. The molecule has 1 aromatic carbocycles. The molecule has 1 aliphatic rings. The summed E-state index contributed by atoms with van der Waals surface area (Å²) in [6.07, 6.45) is 4.53. The van der Waals surface area contributed by atoms with Gasteiger partial charge in [-0.25, -0.2) is 4.98 Å². The highest BCUT2D eigenvalue weighted by atomic mass is 32.1. The van der Waals surface area contributed by atoms with E-state index in [9.17, 15) is 5.11 Å². The van der Waals surface area contributed by atoms with E-state index in [1.54, 1.807) is 17.6 Å². The molecule has 0 saturated carbocycles. The lowest BCUT2D eigenvalue weighted by Gasteiger charge is -2.34. The molecule has 1 unspecified atom stereocenters. The minimum Gasteiger partial charge on any atom is -0.462 e. The summed E-state index contributed by atoms with van der Waals surface area (Å²) in [5.74, 6) is 0.797. The number of aliphatic hydroxyl groups is 1. The van der Waals surface area contributed by atoms with Gasteiger partial charge >= 0.3 is 0 Å². The van der Waals surface area contributed by atoms with E-state index in [1.807, 2.05) is 35.7 Å². The molecule has 4 rings (SSSR count). The molecule has 4 nitrogen and oxygen atoms in total. The van der Waals surface area contributed by atoms with Crippen molar-refractivity contribution in [2.75, 3.05) is 6.54 Å². The average molecular weight is 340 g/mol. The molecule has 0 spiro atoms. The number of hydrogen-bond donors (Lipinski definition) is 2. The Morgan fingerprint density at radius 3 is 3.04 bits per heavy atom. The second kappa shape index (κ2) is 6.51. The van der Waals surface area contributed by atoms with E-state index in [-0.39, 0.29) is 0 Å². The fourth-order valence-corrected chi connectivity index (χ4v) is 4.17. The van der Waals surface area contributed by atoms with E-state index in [0.29, 0.717) is 13.1 Å². The Hall–Kier alpha value is -1.95. The number of thiazole rings is 1. The first-order valence-electron chi connectivity index (χ1n) is 8.24. The van der Waals surface area contributed by atoms with Crippen LogP contribution in [0.15, 0.2) is 52.5 Å². The van der Waals surface area contributed by atoms with E-state index in [2.05, 4.69) is 16.4 Å². The Morgan fingerprint density at radius 2 is 2.17 bits per heavy atom. The summed E-state index contributed by atoms with van der Waals surface area (Å²) < 4.78 is 5.38. The molecule has 1 aliphatic carbocycles. The number of nitrogens with zero attached hydrogens (tertiary/aromatic N) is 1. The van der Waals surface area contributed by atoms with Gasteiger partial charge in [0.1, 0.15) is 5.60 Å². The smallest absolute Gasteiger partial charge is 0.162 e. The number of fused-ring (bicyclic) bond motifs is 1. The highest BCUT2D eigenvalue weighted by Gasteiger charge is 2.33. The normalized spacial score (nSPS) is 20.0. The molecule has 2 aromatic heterocycles. The summed E-state index contributed by atoms with van der Waals surface area (Å²) in [7, 11) is 0. The van der Waals surface area contributed by atoms with E-state index < -0.39 is 5.60 Å². The van der Waals surface area contributed by atoms with Gasteiger partial charge in [0.2, 0.25) is 0 Å². The van der Waals surface area contributed by atoms with Gasteiger partial charge in [0.25, 0.3) is 0 Å². The first-order chi connectivity index (χ1) is 11.7. The van der Waals surface area contributed by atoms with E-state index in [1.165, 1.54) is 5.56 Å². The summed E-state index contributed by atoms with van der Waals surface area (Å²) in [5.41, 5.74) is 2.52. The third-order valence-electron chi connectivity index (χ3n) is 4.56. The van der Waals surface area contributed by atoms with Crippen molar-refractivity contribution in [3.8, 4) is 10.8 Å². The van der Waals surface area contributed by atoms with Crippen molar-refractivity contribution in [3.63, 3.8) is 0 Å². The van der Waals surface area contributed by atoms with Crippen molar-refractivity contribution in [2.24, 2.45) is 0 Å². The Bertz CT molecular complexity index is 812. The Labute approximate surface area is 145 Å². The molecule has 2 N–H and O–H groups in total. The molecular weight excluding hydrogens is 320 g/mol. The highest BCUT2D eigenvalue weighted by Crippen LogP contribution is 2.34. The Kier molecular flexibility index (Phi) is 4.22. The van der Waals surface area contributed by atoms with Gasteiger partial charge in [0.05, 0.1) is 12.0 Å². The second-order valence-corrected chi connectivity index (χ2v) is 7.13. The summed E-state index contributed by atoms with van der Waals surface area (Å²) in [6, 6.07) is 12.0. The molecule has 0 aliphatic heterocycles. The number of aromatic nitrogens is 1. The number of rotatable bonds is 5. The van der Waals surface area contributed by atoms with Crippen LogP contribution in [0.5, 0.6) is 0 Å². The van der Waals surface area contributed by atoms with E-state index >= 15 is 0 Å². The summed E-state index contributed by atoms with van der Waals surface area (Å²) in [5, 5.41) is 17.4. The lowest BCUT2D eigenvalue weighted by atomic mass is 9.79. The highest BCUT2D eigenvalue weighted by molar-refractivity contribution is 7.13. The molecule has 0 radical (unpaired) electrons. The fourth-order valence-electron chi connectivity index (χ4n) is 3.38. The number of nitrogens with one attached hydrogen (secondary N) is 1. The Balaban J connectivity index is 1.41. The molecule has 24 heavy (non-hydrogen) atoms. The van der Waals surface area contributed by atoms with E-state index in [4.69, 9.17) is 4.42 Å². The molecule has 0 fully saturated rings. The zero-order chi connectivity index (χ0) is 16.4. The monoisotopic (exact) mass is 340 g/mol. The van der Waals surface area contributed by atoms with Crippen LogP contribution >= 0.6 is 11.3 Å². The van der Waals surface area contributed by atoms with Crippen LogP contribution in [0, 0.1) is 0 Å². The van der Waals surface area contributed by atoms with Gasteiger partial charge in [-0.1, -0.05) is 24.3 Å². The van der Waals surface area contributed by atoms with Crippen LogP contribution < -0.4 is 5.32 Å². The standard InChI is InChI=1S/C19H20N2O2S/c22-19(9-3-6-14-5-1-2-7-16(14)19)13-20-11-15-12-24-18(21-15)17-8-4-10-23-17/h1-2,4-5,7-8,10,12,20,22H,3,6,9,11,13H2. The van der Waals surface area contributed by atoms with Crippen LogP contribution in [-0.4, -0.2) is 16.6 Å². The van der Waals surface area contributed by atoms with E-state index in [0.717, 1.165) is 41.3 Å². The Morgan fingerprint density at radius 1 is 1.25 bits per heavy atom. The first-order valence-corrected chi connectivity index (χ1v) is 9.12. The van der Waals surface area contributed by atoms with Gasteiger partial charge < -0.3 is 14.8 Å². The summed E-state index contributed by atoms with van der Waals surface area (Å²) in [6.45, 7) is 1.18. The van der Waals surface area contributed by atoms with Gasteiger partial charge in [0.15, 0.2) is 10.8 Å². The van der Waals surface area contributed by atoms with Crippen molar-refractivity contribution in [1.82, 2.24) is 10.3 Å². The van der Waals surface area contributed by atoms with Gasteiger partial charge in [-0.05, 0) is 42.5 Å². The van der Waals surface area contributed by atoms with Crippen LogP contribution in [-0.2, 0) is 18.6 Å². The molecule has 2 heterocycles. The largest absolute Gasteiger partial charge is 0.462 e. The maximum atomic E-state index is 11.1. The van der Waals surface area contributed by atoms with Crippen LogP contribution in [0.25, 0.3) is 10.8 Å². The number of furan rings is 1. The van der Waals surface area contributed by atoms with Crippen molar-refractivity contribution >= 4 is 11.3 Å². The second-order valence-electron chi connectivity index (χ2n) is 6.27. The van der Waals surface area contributed by atoms with Gasteiger partial charge in [-0.3, -0.25) is 0 Å². The minimum absolute atomic E-state index is 0.539. The van der Waals surface area contributed by atoms with Gasteiger partial charge in [-0.2, -0.15) is 0 Å². The maximum Gasteiger partial charge on any atom is 0.162 e. The molecule has 124 valence electrons. The third kappa shape index (κ3) is 3.02. The molecule has 0 bridgehead atoms. The average Bonchev–Trinajstić information content (AvgIpc) is 3.27. The molecule has 5 heteroatoms. The number of benzene rings is 1. The van der Waals surface area contributed by atoms with Gasteiger partial charge in [-0.15, -0.1) is 11.3 Å². The van der Waals surface area contributed by atoms with Crippen molar-refractivity contribution in [2.45, 2.75) is 31.4 Å². The molecule has 0 amide bonds. The molecule has 0 saturated heterocycles. The lowest BCUT2D eigenvalue weighted by Crippen LogP contribution is -2.40. The van der Waals surface area contributed by atoms with Crippen LogP contribution in [0.1, 0.15) is 29.7 Å². The maximum absolute atomic E-state index is 11.1.